The summed E-state index contributed by atoms with van der Waals surface area (Å²) in [5.74, 6) is 0.0299. The molecule has 3 aromatic rings. The number of likely N-dealkylation sites (tertiary alicyclic amines) is 2. The zero-order valence-corrected chi connectivity index (χ0v) is 23.8. The number of amides is 2. The number of fused-ring (bicyclic) bond motifs is 1. The van der Waals surface area contributed by atoms with Gasteiger partial charge in [-0.3, -0.25) is 15.0 Å². The van der Waals surface area contributed by atoms with Gasteiger partial charge in [0.2, 0.25) is 21.8 Å². The molecule has 4 N–H and O–H groups in total. The van der Waals surface area contributed by atoms with Gasteiger partial charge in [-0.05, 0) is 66.3 Å². The second kappa shape index (κ2) is 11.9. The van der Waals surface area contributed by atoms with Crippen molar-refractivity contribution < 1.29 is 22.7 Å². The SMILES string of the molecule is COc1ccc2ccc(S(=O)(=O)NC3CCN(C(Cc4ccc(C(=N)N)cc4)C(=O)N4CCCCC4)C3=O)cc2c1. The zero-order valence-electron chi connectivity index (χ0n) is 23.0. The van der Waals surface area contributed by atoms with Gasteiger partial charge in [-0.25, -0.2) is 8.42 Å². The quantitative estimate of drug-likeness (QED) is 0.263. The predicted molar refractivity (Wildman–Crippen MR) is 156 cm³/mol. The van der Waals surface area contributed by atoms with E-state index in [0.717, 1.165) is 30.2 Å². The van der Waals surface area contributed by atoms with Crippen LogP contribution in [0.15, 0.2) is 65.6 Å². The first kappa shape index (κ1) is 28.6. The Labute approximate surface area is 240 Å². The molecule has 2 unspecified atom stereocenters. The molecule has 41 heavy (non-hydrogen) atoms. The van der Waals surface area contributed by atoms with Gasteiger partial charge in [-0.1, -0.05) is 36.4 Å². The molecule has 11 heteroatoms. The van der Waals surface area contributed by atoms with Gasteiger partial charge in [0.15, 0.2) is 0 Å². The molecule has 0 spiro atoms. The van der Waals surface area contributed by atoms with E-state index < -0.39 is 28.0 Å². The number of methoxy groups -OCH3 is 1. The van der Waals surface area contributed by atoms with Crippen LogP contribution >= 0.6 is 0 Å². The van der Waals surface area contributed by atoms with E-state index in [1.807, 2.05) is 23.1 Å². The second-order valence-corrected chi connectivity index (χ2v) is 12.3. The minimum Gasteiger partial charge on any atom is -0.497 e. The maximum atomic E-state index is 13.7. The van der Waals surface area contributed by atoms with Crippen LogP contribution in [0.5, 0.6) is 5.75 Å². The summed E-state index contributed by atoms with van der Waals surface area (Å²) in [7, 11) is -2.47. The molecule has 216 valence electrons. The van der Waals surface area contributed by atoms with Gasteiger partial charge in [0, 0.05) is 31.6 Å². The highest BCUT2D eigenvalue weighted by molar-refractivity contribution is 7.89. The molecular formula is C30H35N5O5S. The molecule has 2 heterocycles. The largest absolute Gasteiger partial charge is 0.497 e. The van der Waals surface area contributed by atoms with Crippen molar-refractivity contribution in [3.8, 4) is 5.75 Å². The van der Waals surface area contributed by atoms with E-state index in [4.69, 9.17) is 15.9 Å². The fourth-order valence-electron chi connectivity index (χ4n) is 5.57. The van der Waals surface area contributed by atoms with Crippen molar-refractivity contribution in [1.29, 1.82) is 5.41 Å². The number of hydrogen-bond acceptors (Lipinski definition) is 6. The summed E-state index contributed by atoms with van der Waals surface area (Å²) < 4.78 is 34.6. The van der Waals surface area contributed by atoms with Crippen LogP contribution in [-0.4, -0.2) is 74.7 Å². The molecule has 2 aliphatic rings. The molecular weight excluding hydrogens is 542 g/mol. The first-order chi connectivity index (χ1) is 19.7. The van der Waals surface area contributed by atoms with Crippen molar-refractivity contribution in [2.24, 2.45) is 5.73 Å². The Bertz CT molecular complexity index is 1570. The summed E-state index contributed by atoms with van der Waals surface area (Å²) in [6.07, 6.45) is 3.44. The molecule has 2 amide bonds. The maximum Gasteiger partial charge on any atom is 0.245 e. The Morgan fingerprint density at radius 3 is 2.41 bits per heavy atom. The van der Waals surface area contributed by atoms with Crippen LogP contribution in [-0.2, 0) is 26.0 Å². The van der Waals surface area contributed by atoms with Gasteiger partial charge < -0.3 is 20.3 Å². The van der Waals surface area contributed by atoms with E-state index in [0.29, 0.717) is 29.8 Å². The second-order valence-electron chi connectivity index (χ2n) is 10.6. The fourth-order valence-corrected chi connectivity index (χ4v) is 6.83. The summed E-state index contributed by atoms with van der Waals surface area (Å²) in [6.45, 7) is 1.55. The molecule has 2 aliphatic heterocycles. The molecule has 2 atom stereocenters. The van der Waals surface area contributed by atoms with Crippen LogP contribution in [0.4, 0.5) is 0 Å². The van der Waals surface area contributed by atoms with Crippen LogP contribution in [0.1, 0.15) is 36.8 Å². The third-order valence-corrected chi connectivity index (χ3v) is 9.36. The van der Waals surface area contributed by atoms with Crippen molar-refractivity contribution in [2.45, 2.75) is 49.1 Å². The third-order valence-electron chi connectivity index (χ3n) is 7.89. The van der Waals surface area contributed by atoms with E-state index in [1.165, 1.54) is 11.0 Å². The first-order valence-electron chi connectivity index (χ1n) is 13.8. The monoisotopic (exact) mass is 577 g/mol. The number of nitrogen functional groups attached to an aromatic ring is 1. The van der Waals surface area contributed by atoms with Crippen LogP contribution < -0.4 is 15.2 Å². The lowest BCUT2D eigenvalue weighted by molar-refractivity contribution is -0.144. The van der Waals surface area contributed by atoms with Gasteiger partial charge in [0.05, 0.1) is 12.0 Å². The summed E-state index contributed by atoms with van der Waals surface area (Å²) in [5, 5.41) is 9.20. The fraction of sp³-hybridized carbons (Fsp3) is 0.367. The van der Waals surface area contributed by atoms with Crippen molar-refractivity contribution in [3.63, 3.8) is 0 Å². The van der Waals surface area contributed by atoms with E-state index >= 15 is 0 Å². The number of benzene rings is 3. The average Bonchev–Trinajstić information content (AvgIpc) is 3.34. The highest BCUT2D eigenvalue weighted by Gasteiger charge is 2.42. The minimum atomic E-state index is -4.01. The van der Waals surface area contributed by atoms with Gasteiger partial charge in [0.1, 0.15) is 23.7 Å². The van der Waals surface area contributed by atoms with Crippen molar-refractivity contribution in [2.75, 3.05) is 26.7 Å². The number of hydrogen-bond donors (Lipinski definition) is 3. The smallest absolute Gasteiger partial charge is 0.245 e. The van der Waals surface area contributed by atoms with Gasteiger partial charge in [0.25, 0.3) is 0 Å². The highest BCUT2D eigenvalue weighted by atomic mass is 32.2. The van der Waals surface area contributed by atoms with Gasteiger partial charge in [-0.2, -0.15) is 4.72 Å². The third kappa shape index (κ3) is 6.20. The molecule has 0 aliphatic carbocycles. The Hall–Kier alpha value is -3.96. The summed E-state index contributed by atoms with van der Waals surface area (Å²) in [6, 6.07) is 15.5. The number of nitrogens with zero attached hydrogens (tertiary/aromatic N) is 2. The Morgan fingerprint density at radius 1 is 1.02 bits per heavy atom. The van der Waals surface area contributed by atoms with E-state index in [2.05, 4.69) is 4.72 Å². The van der Waals surface area contributed by atoms with E-state index in [9.17, 15) is 18.0 Å². The van der Waals surface area contributed by atoms with Crippen LogP contribution in [0, 0.1) is 5.41 Å². The molecule has 10 nitrogen and oxygen atoms in total. The molecule has 3 aromatic carbocycles. The zero-order chi connectivity index (χ0) is 29.1. The number of amidine groups is 1. The average molecular weight is 578 g/mol. The number of nitrogens with two attached hydrogens (primary N) is 1. The maximum absolute atomic E-state index is 13.7. The van der Waals surface area contributed by atoms with Crippen molar-refractivity contribution >= 4 is 38.4 Å². The Kier molecular flexibility index (Phi) is 8.27. The standard InChI is InChI=1S/C30H35N5O5S/c1-40-24-11-9-21-10-12-25(19-23(21)18-24)41(38,39)33-26-13-16-35(29(26)36)27(30(37)34-14-3-2-4-15-34)17-20-5-7-22(8-6-20)28(31)32/h5-12,18-19,26-27,33H,2-4,13-17H2,1H3,(H3,31,32). The number of carbonyl (C=O) groups is 2. The van der Waals surface area contributed by atoms with E-state index in [-0.39, 0.29) is 36.0 Å². The number of carbonyl (C=O) groups excluding carboxylic acids is 2. The van der Waals surface area contributed by atoms with Crippen molar-refractivity contribution in [1.82, 2.24) is 14.5 Å². The van der Waals surface area contributed by atoms with Crippen LogP contribution in [0.3, 0.4) is 0 Å². The molecule has 2 saturated heterocycles. The number of sulfonamides is 1. The lowest BCUT2D eigenvalue weighted by atomic mass is 10.0. The number of piperidine rings is 1. The Morgan fingerprint density at radius 2 is 1.73 bits per heavy atom. The first-order valence-corrected chi connectivity index (χ1v) is 15.3. The molecule has 0 saturated carbocycles. The van der Waals surface area contributed by atoms with Gasteiger partial charge in [-0.15, -0.1) is 0 Å². The van der Waals surface area contributed by atoms with Crippen LogP contribution in [0.25, 0.3) is 10.8 Å². The summed E-state index contributed by atoms with van der Waals surface area (Å²) in [4.78, 5) is 30.8. The number of ether oxygens (including phenoxy) is 1. The molecule has 0 bridgehead atoms. The summed E-state index contributed by atoms with van der Waals surface area (Å²) >= 11 is 0. The molecule has 0 aromatic heterocycles. The number of rotatable bonds is 9. The normalized spacial score (nSPS) is 18.5. The molecule has 5 rings (SSSR count). The lowest BCUT2D eigenvalue weighted by Gasteiger charge is -2.34. The predicted octanol–water partition coefficient (Wildman–Crippen LogP) is 2.64. The highest BCUT2D eigenvalue weighted by Crippen LogP contribution is 2.26. The van der Waals surface area contributed by atoms with E-state index in [1.54, 1.807) is 43.5 Å². The van der Waals surface area contributed by atoms with Crippen molar-refractivity contribution in [3.05, 3.63) is 71.8 Å². The molecule has 0 radical (unpaired) electrons. The minimum absolute atomic E-state index is 0.0482. The van der Waals surface area contributed by atoms with Gasteiger partial charge >= 0.3 is 0 Å². The summed E-state index contributed by atoms with van der Waals surface area (Å²) in [5.41, 5.74) is 6.99. The Balaban J connectivity index is 1.36. The lowest BCUT2D eigenvalue weighted by Crippen LogP contribution is -2.53. The number of nitrogens with one attached hydrogen (secondary N) is 2. The van der Waals surface area contributed by atoms with Crippen LogP contribution in [0.2, 0.25) is 0 Å². The molecule has 2 fully saturated rings. The topological polar surface area (TPSA) is 146 Å².